The van der Waals surface area contributed by atoms with Crippen LogP contribution in [0.25, 0.3) is 0 Å². The molecule has 3 rings (SSSR count). The average molecular weight is 263 g/mol. The minimum absolute atomic E-state index is 0.103. The fourth-order valence-corrected chi connectivity index (χ4v) is 3.28. The maximum absolute atomic E-state index is 11.7. The summed E-state index contributed by atoms with van der Waals surface area (Å²) in [7, 11) is 1.56. The molecule has 2 aliphatic heterocycles. The van der Waals surface area contributed by atoms with Crippen LogP contribution in [0.1, 0.15) is 25.0 Å². The molecule has 3 atom stereocenters. The number of pyridine rings is 1. The molecular formula is C14H17NO4. The average Bonchev–Trinajstić information content (AvgIpc) is 3.00. The summed E-state index contributed by atoms with van der Waals surface area (Å²) in [6.45, 7) is 0. The third kappa shape index (κ3) is 1.98. The van der Waals surface area contributed by atoms with Crippen molar-refractivity contribution < 1.29 is 19.4 Å². The van der Waals surface area contributed by atoms with Crippen LogP contribution in [0.2, 0.25) is 0 Å². The van der Waals surface area contributed by atoms with E-state index in [0.717, 1.165) is 18.5 Å². The van der Waals surface area contributed by atoms with Crippen LogP contribution in [-0.4, -0.2) is 35.4 Å². The summed E-state index contributed by atoms with van der Waals surface area (Å²) in [5.74, 6) is -0.258. The molecule has 0 aliphatic carbocycles. The SMILES string of the molecule is COc1cccc(CC2(C(=O)O)CC3CCC2O3)n1. The molecule has 1 aromatic heterocycles. The van der Waals surface area contributed by atoms with E-state index in [1.165, 1.54) is 0 Å². The van der Waals surface area contributed by atoms with Gasteiger partial charge in [-0.25, -0.2) is 4.98 Å². The number of aliphatic carboxylic acids is 1. The molecule has 2 fully saturated rings. The van der Waals surface area contributed by atoms with Crippen molar-refractivity contribution in [3.63, 3.8) is 0 Å². The number of carboxylic acid groups (broad SMARTS) is 1. The molecule has 3 unspecified atom stereocenters. The van der Waals surface area contributed by atoms with Gasteiger partial charge in [0.2, 0.25) is 5.88 Å². The van der Waals surface area contributed by atoms with E-state index in [4.69, 9.17) is 9.47 Å². The molecule has 19 heavy (non-hydrogen) atoms. The number of methoxy groups -OCH3 is 1. The molecule has 2 saturated heterocycles. The Labute approximate surface area is 111 Å². The Bertz CT molecular complexity index is 504. The zero-order chi connectivity index (χ0) is 13.5. The Hall–Kier alpha value is -1.62. The second-order valence-electron chi connectivity index (χ2n) is 5.34. The lowest BCUT2D eigenvalue weighted by atomic mass is 9.71. The third-order valence-corrected chi connectivity index (χ3v) is 4.23. The van der Waals surface area contributed by atoms with Gasteiger partial charge < -0.3 is 14.6 Å². The number of hydrogen-bond donors (Lipinski definition) is 1. The first-order chi connectivity index (χ1) is 9.14. The van der Waals surface area contributed by atoms with Crippen molar-refractivity contribution in [2.45, 2.75) is 37.9 Å². The fourth-order valence-electron chi connectivity index (χ4n) is 3.28. The Balaban J connectivity index is 1.88. The summed E-state index contributed by atoms with van der Waals surface area (Å²) in [4.78, 5) is 16.1. The zero-order valence-corrected chi connectivity index (χ0v) is 10.8. The van der Waals surface area contributed by atoms with Gasteiger partial charge in [0.25, 0.3) is 0 Å². The van der Waals surface area contributed by atoms with E-state index in [1.54, 1.807) is 13.2 Å². The zero-order valence-electron chi connectivity index (χ0n) is 10.8. The normalized spacial score (nSPS) is 32.5. The topological polar surface area (TPSA) is 68.7 Å². The molecule has 1 N–H and O–H groups in total. The Morgan fingerprint density at radius 1 is 1.58 bits per heavy atom. The van der Waals surface area contributed by atoms with Crippen LogP contribution in [0, 0.1) is 5.41 Å². The summed E-state index contributed by atoms with van der Waals surface area (Å²) >= 11 is 0. The fraction of sp³-hybridized carbons (Fsp3) is 0.571. The molecule has 0 aromatic carbocycles. The third-order valence-electron chi connectivity index (χ3n) is 4.23. The predicted molar refractivity (Wildman–Crippen MR) is 67.1 cm³/mol. The number of nitrogens with zero attached hydrogens (tertiary/aromatic N) is 1. The lowest BCUT2D eigenvalue weighted by Gasteiger charge is -2.30. The molecular weight excluding hydrogens is 246 g/mol. The molecule has 5 heteroatoms. The van der Waals surface area contributed by atoms with Gasteiger partial charge in [-0.05, 0) is 25.3 Å². The molecule has 1 aromatic rings. The van der Waals surface area contributed by atoms with Gasteiger partial charge in [0.15, 0.2) is 0 Å². The lowest BCUT2D eigenvalue weighted by molar-refractivity contribution is -0.152. The molecule has 102 valence electrons. The van der Waals surface area contributed by atoms with E-state index >= 15 is 0 Å². The van der Waals surface area contributed by atoms with Gasteiger partial charge in [-0.2, -0.15) is 0 Å². The van der Waals surface area contributed by atoms with Crippen molar-refractivity contribution in [1.29, 1.82) is 0 Å². The van der Waals surface area contributed by atoms with Crippen molar-refractivity contribution in [1.82, 2.24) is 4.98 Å². The summed E-state index contributed by atoms with van der Waals surface area (Å²) in [5.41, 5.74) is -0.0691. The second kappa shape index (κ2) is 4.49. The van der Waals surface area contributed by atoms with Crippen molar-refractivity contribution in [3.8, 4) is 5.88 Å². The van der Waals surface area contributed by atoms with Gasteiger partial charge in [0.05, 0.1) is 19.3 Å². The maximum Gasteiger partial charge on any atom is 0.312 e. The highest BCUT2D eigenvalue weighted by molar-refractivity contribution is 5.76. The van der Waals surface area contributed by atoms with Crippen LogP contribution < -0.4 is 4.74 Å². The summed E-state index contributed by atoms with van der Waals surface area (Å²) in [5, 5.41) is 9.63. The maximum atomic E-state index is 11.7. The number of aromatic nitrogens is 1. The van der Waals surface area contributed by atoms with Crippen molar-refractivity contribution in [3.05, 3.63) is 23.9 Å². The van der Waals surface area contributed by atoms with E-state index < -0.39 is 11.4 Å². The summed E-state index contributed by atoms with van der Waals surface area (Å²) < 4.78 is 10.8. The van der Waals surface area contributed by atoms with Gasteiger partial charge >= 0.3 is 5.97 Å². The number of rotatable bonds is 4. The van der Waals surface area contributed by atoms with Crippen molar-refractivity contribution in [2.75, 3.05) is 7.11 Å². The van der Waals surface area contributed by atoms with Crippen LogP contribution in [-0.2, 0) is 16.0 Å². The Morgan fingerprint density at radius 3 is 3.00 bits per heavy atom. The van der Waals surface area contributed by atoms with E-state index in [9.17, 15) is 9.90 Å². The first-order valence-corrected chi connectivity index (χ1v) is 6.53. The highest BCUT2D eigenvalue weighted by Gasteiger charge is 2.57. The minimum Gasteiger partial charge on any atom is -0.481 e. The monoisotopic (exact) mass is 263 g/mol. The van der Waals surface area contributed by atoms with Crippen LogP contribution in [0.15, 0.2) is 18.2 Å². The first-order valence-electron chi connectivity index (χ1n) is 6.53. The van der Waals surface area contributed by atoms with Gasteiger partial charge in [-0.1, -0.05) is 6.07 Å². The van der Waals surface area contributed by atoms with E-state index in [1.807, 2.05) is 12.1 Å². The smallest absolute Gasteiger partial charge is 0.312 e. The minimum atomic E-state index is -0.817. The molecule has 0 saturated carbocycles. The van der Waals surface area contributed by atoms with Crippen molar-refractivity contribution in [2.24, 2.45) is 5.41 Å². The quantitative estimate of drug-likeness (QED) is 0.894. The van der Waals surface area contributed by atoms with Crippen LogP contribution in [0.3, 0.4) is 0 Å². The number of carboxylic acids is 1. The number of ether oxygens (including phenoxy) is 2. The van der Waals surface area contributed by atoms with Gasteiger partial charge in [0.1, 0.15) is 5.41 Å². The lowest BCUT2D eigenvalue weighted by Crippen LogP contribution is -2.42. The predicted octanol–water partition coefficient (Wildman–Crippen LogP) is 1.65. The highest BCUT2D eigenvalue weighted by Crippen LogP contribution is 2.49. The number of hydrogen-bond acceptors (Lipinski definition) is 4. The van der Waals surface area contributed by atoms with Crippen LogP contribution in [0.5, 0.6) is 5.88 Å². The standard InChI is InChI=1S/C14H17NO4/c1-18-12-4-2-3-9(15-12)7-14(13(16)17)8-10-5-6-11(14)19-10/h2-4,10-11H,5-8H2,1H3,(H,16,17). The van der Waals surface area contributed by atoms with E-state index in [0.29, 0.717) is 18.7 Å². The molecule has 2 aliphatic rings. The first kappa shape index (κ1) is 12.4. The molecule has 0 spiro atoms. The number of carbonyl (C=O) groups is 1. The highest BCUT2D eigenvalue weighted by atomic mass is 16.5. The van der Waals surface area contributed by atoms with E-state index in [-0.39, 0.29) is 12.2 Å². The molecule has 5 nitrogen and oxygen atoms in total. The van der Waals surface area contributed by atoms with Gasteiger partial charge in [-0.3, -0.25) is 4.79 Å². The Morgan fingerprint density at radius 2 is 2.42 bits per heavy atom. The van der Waals surface area contributed by atoms with Crippen molar-refractivity contribution >= 4 is 5.97 Å². The van der Waals surface area contributed by atoms with Gasteiger partial charge in [-0.15, -0.1) is 0 Å². The largest absolute Gasteiger partial charge is 0.481 e. The Kier molecular flexibility index (Phi) is 2.93. The molecule has 0 radical (unpaired) electrons. The summed E-state index contributed by atoms with van der Waals surface area (Å²) in [6.07, 6.45) is 2.73. The van der Waals surface area contributed by atoms with E-state index in [2.05, 4.69) is 4.98 Å². The molecule has 0 amide bonds. The second-order valence-corrected chi connectivity index (χ2v) is 5.34. The molecule has 3 heterocycles. The van der Waals surface area contributed by atoms with Gasteiger partial charge in [0, 0.05) is 18.2 Å². The summed E-state index contributed by atoms with van der Waals surface area (Å²) in [6, 6.07) is 5.44. The van der Waals surface area contributed by atoms with Crippen LogP contribution >= 0.6 is 0 Å². The van der Waals surface area contributed by atoms with Crippen LogP contribution in [0.4, 0.5) is 0 Å². The number of fused-ring (bicyclic) bond motifs is 2. The molecule has 2 bridgehead atoms.